The highest BCUT2D eigenvalue weighted by molar-refractivity contribution is 9.10. The molecule has 4 rings (SSSR count). The number of hydrogen-bond acceptors (Lipinski definition) is 3. The van der Waals surface area contributed by atoms with Gasteiger partial charge in [0, 0.05) is 18.0 Å². The molecule has 2 aromatic heterocycles. The van der Waals surface area contributed by atoms with Gasteiger partial charge in [-0.3, -0.25) is 9.36 Å². The Morgan fingerprint density at radius 3 is 2.52 bits per heavy atom. The van der Waals surface area contributed by atoms with Crippen LogP contribution in [0.3, 0.4) is 0 Å². The lowest BCUT2D eigenvalue weighted by molar-refractivity contribution is 0.586. The molecule has 0 fully saturated rings. The second-order valence-corrected chi connectivity index (χ2v) is 8.01. The van der Waals surface area contributed by atoms with Crippen LogP contribution >= 0.6 is 28.1 Å². The van der Waals surface area contributed by atoms with E-state index in [0.29, 0.717) is 39.7 Å². The van der Waals surface area contributed by atoms with Crippen LogP contribution in [0.5, 0.6) is 0 Å². The quantitative estimate of drug-likeness (QED) is 0.362. The lowest BCUT2D eigenvalue weighted by atomic mass is 10.2. The van der Waals surface area contributed by atoms with Gasteiger partial charge in [0.25, 0.3) is 0 Å². The van der Waals surface area contributed by atoms with Gasteiger partial charge in [-0.05, 0) is 51.9 Å². The lowest BCUT2D eigenvalue weighted by Gasteiger charge is -2.07. The van der Waals surface area contributed by atoms with Crippen LogP contribution in [0.15, 0.2) is 71.6 Å². The molecule has 0 bridgehead atoms. The van der Waals surface area contributed by atoms with Crippen molar-refractivity contribution in [1.82, 2.24) is 19.6 Å². The van der Waals surface area contributed by atoms with Gasteiger partial charge in [0.15, 0.2) is 10.9 Å². The molecule has 0 spiro atoms. The summed E-state index contributed by atoms with van der Waals surface area (Å²) in [7, 11) is 0. The summed E-state index contributed by atoms with van der Waals surface area (Å²) in [6.45, 7) is 0.803. The van der Waals surface area contributed by atoms with Gasteiger partial charge in [0.05, 0.1) is 29.4 Å². The van der Waals surface area contributed by atoms with Crippen molar-refractivity contribution in [2.45, 2.75) is 13.1 Å². The summed E-state index contributed by atoms with van der Waals surface area (Å²) in [5.74, 6) is -0.0449. The SMILES string of the molecule is Fc1ccc(Cn2cc(NC(=S)Nc3nn(Cc4ccccc4F)cc3Br)cn2)cc1. The Labute approximate surface area is 191 Å². The van der Waals surface area contributed by atoms with Crippen LogP contribution in [0.25, 0.3) is 0 Å². The Hall–Kier alpha value is -3.11. The molecule has 0 atom stereocenters. The smallest absolute Gasteiger partial charge is 0.176 e. The number of thiocarbonyl (C=S) groups is 1. The van der Waals surface area contributed by atoms with Gasteiger partial charge in [-0.1, -0.05) is 30.3 Å². The van der Waals surface area contributed by atoms with E-state index in [1.807, 2.05) is 0 Å². The maximum absolute atomic E-state index is 13.9. The molecule has 0 saturated heterocycles. The average molecular weight is 503 g/mol. The molecule has 0 saturated carbocycles. The molecule has 31 heavy (non-hydrogen) atoms. The molecule has 0 amide bonds. The monoisotopic (exact) mass is 502 g/mol. The zero-order chi connectivity index (χ0) is 21.8. The number of nitrogens with one attached hydrogen (secondary N) is 2. The lowest BCUT2D eigenvalue weighted by Crippen LogP contribution is -2.19. The number of rotatable bonds is 6. The van der Waals surface area contributed by atoms with Crippen LogP contribution in [0.1, 0.15) is 11.1 Å². The molecular formula is C21H17BrF2N6S. The molecule has 0 radical (unpaired) electrons. The summed E-state index contributed by atoms with van der Waals surface area (Å²) in [6.07, 6.45) is 5.19. The van der Waals surface area contributed by atoms with E-state index in [1.54, 1.807) is 58.3 Å². The van der Waals surface area contributed by atoms with Crippen molar-refractivity contribution >= 4 is 44.8 Å². The van der Waals surface area contributed by atoms with Crippen LogP contribution in [0.4, 0.5) is 20.3 Å². The Morgan fingerprint density at radius 1 is 0.968 bits per heavy atom. The number of aromatic nitrogens is 4. The highest BCUT2D eigenvalue weighted by Gasteiger charge is 2.11. The molecule has 2 N–H and O–H groups in total. The summed E-state index contributed by atoms with van der Waals surface area (Å²) in [5.41, 5.74) is 2.17. The zero-order valence-corrected chi connectivity index (χ0v) is 18.5. The van der Waals surface area contributed by atoms with E-state index in [2.05, 4.69) is 36.8 Å². The summed E-state index contributed by atoms with van der Waals surface area (Å²) < 4.78 is 30.9. The summed E-state index contributed by atoms with van der Waals surface area (Å²) in [6, 6.07) is 12.8. The Balaban J connectivity index is 1.36. The highest BCUT2D eigenvalue weighted by atomic mass is 79.9. The minimum Gasteiger partial charge on any atom is -0.330 e. The molecule has 0 aliphatic rings. The molecule has 0 aliphatic carbocycles. The molecule has 10 heteroatoms. The molecule has 2 heterocycles. The first-order valence-corrected chi connectivity index (χ1v) is 10.5. The molecule has 4 aromatic rings. The van der Waals surface area contributed by atoms with Crippen molar-refractivity contribution in [3.63, 3.8) is 0 Å². The largest absolute Gasteiger partial charge is 0.330 e. The fraction of sp³-hybridized carbons (Fsp3) is 0.0952. The third kappa shape index (κ3) is 5.53. The van der Waals surface area contributed by atoms with Crippen LogP contribution in [0, 0.1) is 11.6 Å². The first-order chi connectivity index (χ1) is 15.0. The van der Waals surface area contributed by atoms with E-state index in [-0.39, 0.29) is 11.6 Å². The number of benzene rings is 2. The fourth-order valence-corrected chi connectivity index (χ4v) is 3.55. The summed E-state index contributed by atoms with van der Waals surface area (Å²) in [5, 5.41) is 15.1. The van der Waals surface area contributed by atoms with E-state index in [4.69, 9.17) is 12.2 Å². The van der Waals surface area contributed by atoms with Crippen molar-refractivity contribution < 1.29 is 8.78 Å². The van der Waals surface area contributed by atoms with Gasteiger partial charge >= 0.3 is 0 Å². The number of halogens is 3. The van der Waals surface area contributed by atoms with Crippen molar-refractivity contribution in [1.29, 1.82) is 0 Å². The van der Waals surface area contributed by atoms with Gasteiger partial charge in [-0.25, -0.2) is 8.78 Å². The summed E-state index contributed by atoms with van der Waals surface area (Å²) >= 11 is 8.80. The van der Waals surface area contributed by atoms with E-state index in [1.165, 1.54) is 18.2 Å². The molecule has 2 aromatic carbocycles. The Morgan fingerprint density at radius 2 is 1.74 bits per heavy atom. The average Bonchev–Trinajstić information content (AvgIpc) is 3.31. The van der Waals surface area contributed by atoms with Gasteiger partial charge in [-0.15, -0.1) is 0 Å². The molecule has 158 valence electrons. The zero-order valence-electron chi connectivity index (χ0n) is 16.1. The Bertz CT molecular complexity index is 1200. The molecule has 0 unspecified atom stereocenters. The molecular weight excluding hydrogens is 486 g/mol. The van der Waals surface area contributed by atoms with Crippen molar-refractivity contribution in [3.05, 3.63) is 94.4 Å². The second kappa shape index (κ2) is 9.36. The van der Waals surface area contributed by atoms with E-state index >= 15 is 0 Å². The standard InChI is InChI=1S/C21H17BrF2N6S/c22-18-13-30(11-15-3-1-2-4-19(15)24)28-20(18)27-21(31)26-17-9-25-29(12-17)10-14-5-7-16(23)8-6-14/h1-9,12-13H,10-11H2,(H2,26,27,28,31). The Kier molecular flexibility index (Phi) is 6.38. The minimum atomic E-state index is -0.279. The number of hydrogen-bond donors (Lipinski definition) is 2. The normalized spacial score (nSPS) is 10.8. The van der Waals surface area contributed by atoms with Gasteiger partial charge in [-0.2, -0.15) is 10.2 Å². The van der Waals surface area contributed by atoms with Crippen LogP contribution in [-0.2, 0) is 13.1 Å². The van der Waals surface area contributed by atoms with Crippen molar-refractivity contribution in [2.24, 2.45) is 0 Å². The molecule has 0 aliphatic heterocycles. The topological polar surface area (TPSA) is 59.7 Å². The third-order valence-electron chi connectivity index (χ3n) is 4.39. The van der Waals surface area contributed by atoms with Crippen LogP contribution in [0.2, 0.25) is 0 Å². The van der Waals surface area contributed by atoms with Gasteiger partial charge < -0.3 is 10.6 Å². The van der Waals surface area contributed by atoms with Crippen molar-refractivity contribution in [2.75, 3.05) is 10.6 Å². The maximum atomic E-state index is 13.9. The van der Waals surface area contributed by atoms with E-state index in [0.717, 1.165) is 5.56 Å². The highest BCUT2D eigenvalue weighted by Crippen LogP contribution is 2.21. The molecule has 6 nitrogen and oxygen atoms in total. The van der Waals surface area contributed by atoms with Crippen LogP contribution in [-0.4, -0.2) is 24.7 Å². The second-order valence-electron chi connectivity index (χ2n) is 6.75. The van der Waals surface area contributed by atoms with E-state index < -0.39 is 0 Å². The predicted octanol–water partition coefficient (Wildman–Crippen LogP) is 5.03. The predicted molar refractivity (Wildman–Crippen MR) is 123 cm³/mol. The maximum Gasteiger partial charge on any atom is 0.176 e. The van der Waals surface area contributed by atoms with Gasteiger partial charge in [0.2, 0.25) is 0 Å². The van der Waals surface area contributed by atoms with E-state index in [9.17, 15) is 8.78 Å². The first-order valence-electron chi connectivity index (χ1n) is 9.27. The number of anilines is 2. The number of nitrogens with zero attached hydrogens (tertiary/aromatic N) is 4. The minimum absolute atomic E-state index is 0.273. The van der Waals surface area contributed by atoms with Gasteiger partial charge in [0.1, 0.15) is 11.6 Å². The fourth-order valence-electron chi connectivity index (χ4n) is 2.93. The van der Waals surface area contributed by atoms with Crippen LogP contribution < -0.4 is 10.6 Å². The van der Waals surface area contributed by atoms with Crippen molar-refractivity contribution in [3.8, 4) is 0 Å². The summed E-state index contributed by atoms with van der Waals surface area (Å²) in [4.78, 5) is 0. The third-order valence-corrected chi connectivity index (χ3v) is 5.17. The first kappa shape index (κ1) is 21.1.